The maximum atomic E-state index is 12.4. The summed E-state index contributed by atoms with van der Waals surface area (Å²) in [6.45, 7) is 9.85. The number of hydrogen-bond donors (Lipinski definition) is 0. The van der Waals surface area contributed by atoms with Crippen molar-refractivity contribution in [3.8, 4) is 34.1 Å². The molecule has 4 rings (SSSR count). The minimum absolute atomic E-state index is 0.126. The molecule has 0 aromatic heterocycles. The average Bonchev–Trinajstić information content (AvgIpc) is 2.95. The first kappa shape index (κ1) is 29.4. The molecule has 0 heterocycles. The molecule has 6 heteroatoms. The van der Waals surface area contributed by atoms with Crippen LogP contribution in [0, 0.1) is 13.8 Å². The second kappa shape index (κ2) is 12.7. The topological polar surface area (TPSA) is 71.1 Å². The van der Waals surface area contributed by atoms with Crippen molar-refractivity contribution in [2.24, 2.45) is 0 Å². The fraction of sp³-hybridized carbons (Fsp3) is 0.257. The second-order valence-electron chi connectivity index (χ2n) is 10.5. The normalized spacial score (nSPS) is 11.1. The maximum absolute atomic E-state index is 12.4. The molecule has 0 saturated heterocycles. The lowest BCUT2D eigenvalue weighted by atomic mass is 9.77. The van der Waals surface area contributed by atoms with Gasteiger partial charge in [-0.1, -0.05) is 62.4 Å². The largest absolute Gasteiger partial charge is 0.497 e. The van der Waals surface area contributed by atoms with Gasteiger partial charge in [-0.3, -0.25) is 9.59 Å². The van der Waals surface area contributed by atoms with Crippen LogP contribution in [0.25, 0.3) is 11.1 Å². The minimum atomic E-state index is -0.356. The third kappa shape index (κ3) is 7.34. The summed E-state index contributed by atoms with van der Waals surface area (Å²) in [5, 5.41) is 0. The van der Waals surface area contributed by atoms with E-state index in [1.807, 2.05) is 74.5 Å². The zero-order valence-electron chi connectivity index (χ0n) is 24.4. The Balaban J connectivity index is 1.32. The molecule has 0 unspecified atom stereocenters. The van der Waals surface area contributed by atoms with E-state index in [0.29, 0.717) is 11.5 Å². The van der Waals surface area contributed by atoms with Crippen LogP contribution in [0.1, 0.15) is 49.4 Å². The third-order valence-electron chi connectivity index (χ3n) is 7.12. The Labute approximate surface area is 241 Å². The average molecular weight is 553 g/mol. The maximum Gasteiger partial charge on any atom is 0.314 e. The molecule has 41 heavy (non-hydrogen) atoms. The number of esters is 2. The van der Waals surface area contributed by atoms with Gasteiger partial charge in [-0.2, -0.15) is 0 Å². The molecular formula is C35H36O6. The summed E-state index contributed by atoms with van der Waals surface area (Å²) in [5.74, 6) is 1.90. The summed E-state index contributed by atoms with van der Waals surface area (Å²) in [7, 11) is 1.64. The summed E-state index contributed by atoms with van der Waals surface area (Å²) in [6.07, 6.45) is 0.126. The zero-order valence-corrected chi connectivity index (χ0v) is 24.4. The van der Waals surface area contributed by atoms with Crippen LogP contribution in [-0.4, -0.2) is 25.7 Å². The van der Waals surface area contributed by atoms with E-state index in [9.17, 15) is 9.59 Å². The Morgan fingerprint density at radius 1 is 0.683 bits per heavy atom. The monoisotopic (exact) mass is 552 g/mol. The highest BCUT2D eigenvalue weighted by molar-refractivity contribution is 5.73. The molecule has 0 atom stereocenters. The molecule has 0 N–H and O–H groups in total. The van der Waals surface area contributed by atoms with E-state index in [1.54, 1.807) is 19.2 Å². The predicted octanol–water partition coefficient (Wildman–Crippen LogP) is 7.60. The van der Waals surface area contributed by atoms with Gasteiger partial charge in [0.15, 0.2) is 0 Å². The Morgan fingerprint density at radius 3 is 1.68 bits per heavy atom. The predicted molar refractivity (Wildman–Crippen MR) is 160 cm³/mol. The van der Waals surface area contributed by atoms with Gasteiger partial charge in [0, 0.05) is 12.3 Å². The van der Waals surface area contributed by atoms with Crippen LogP contribution in [0.2, 0.25) is 0 Å². The zero-order chi connectivity index (χ0) is 29.6. The summed E-state index contributed by atoms with van der Waals surface area (Å²) in [6, 6.07) is 27.2. The highest BCUT2D eigenvalue weighted by atomic mass is 16.5. The molecule has 212 valence electrons. The van der Waals surface area contributed by atoms with Gasteiger partial charge in [0.2, 0.25) is 0 Å². The van der Waals surface area contributed by atoms with E-state index < -0.39 is 0 Å². The molecule has 0 aliphatic carbocycles. The molecule has 0 bridgehead atoms. The molecule has 0 radical (unpaired) electrons. The lowest BCUT2D eigenvalue weighted by molar-refractivity contribution is -0.135. The van der Waals surface area contributed by atoms with Crippen molar-refractivity contribution < 1.29 is 28.5 Å². The molecule has 0 amide bonds. The number of carbonyl (C=O) groups excluding carboxylic acids is 2. The molecule has 4 aromatic rings. The van der Waals surface area contributed by atoms with Crippen molar-refractivity contribution in [1.29, 1.82) is 0 Å². The standard InChI is InChI=1S/C35H36O6/c1-23-21-28(35(4,5)29-12-18-33(24(2)22-29)40-25(3)36)11-17-32(23)39-20-19-34(37)41-31-15-9-27(10-16-31)26-7-13-30(38-6)14-8-26/h7-18,21-22H,19-20H2,1-6H3. The molecule has 0 aliphatic rings. The number of methoxy groups -OCH3 is 1. The fourth-order valence-electron chi connectivity index (χ4n) is 4.60. The lowest BCUT2D eigenvalue weighted by Crippen LogP contribution is -2.19. The highest BCUT2D eigenvalue weighted by Gasteiger charge is 2.25. The molecule has 0 aliphatic heterocycles. The van der Waals surface area contributed by atoms with E-state index in [0.717, 1.165) is 44.9 Å². The highest BCUT2D eigenvalue weighted by Crippen LogP contribution is 2.36. The number of ether oxygens (including phenoxy) is 4. The summed E-state index contributed by atoms with van der Waals surface area (Å²) >= 11 is 0. The first-order valence-electron chi connectivity index (χ1n) is 13.6. The van der Waals surface area contributed by atoms with E-state index in [1.165, 1.54) is 6.92 Å². The minimum Gasteiger partial charge on any atom is -0.497 e. The van der Waals surface area contributed by atoms with Gasteiger partial charge in [0.1, 0.15) is 23.0 Å². The van der Waals surface area contributed by atoms with Crippen LogP contribution >= 0.6 is 0 Å². The smallest absolute Gasteiger partial charge is 0.314 e. The van der Waals surface area contributed by atoms with Crippen LogP contribution in [0.15, 0.2) is 84.9 Å². The summed E-state index contributed by atoms with van der Waals surface area (Å²) in [4.78, 5) is 23.8. The lowest BCUT2D eigenvalue weighted by Gasteiger charge is -2.27. The number of hydrogen-bond acceptors (Lipinski definition) is 6. The second-order valence-corrected chi connectivity index (χ2v) is 10.5. The first-order valence-corrected chi connectivity index (χ1v) is 13.6. The van der Waals surface area contributed by atoms with Gasteiger partial charge in [-0.05, 0) is 83.6 Å². The van der Waals surface area contributed by atoms with Crippen molar-refractivity contribution in [1.82, 2.24) is 0 Å². The van der Waals surface area contributed by atoms with E-state index in [2.05, 4.69) is 26.0 Å². The number of benzene rings is 4. The van der Waals surface area contributed by atoms with Crippen LogP contribution in [0.5, 0.6) is 23.0 Å². The molecule has 0 fully saturated rings. The Hall–Kier alpha value is -4.58. The quantitative estimate of drug-likeness (QED) is 0.149. The van der Waals surface area contributed by atoms with Gasteiger partial charge in [0.25, 0.3) is 0 Å². The van der Waals surface area contributed by atoms with E-state index >= 15 is 0 Å². The summed E-state index contributed by atoms with van der Waals surface area (Å²) in [5.41, 5.74) is 5.91. The van der Waals surface area contributed by atoms with Crippen molar-refractivity contribution in [2.75, 3.05) is 13.7 Å². The van der Waals surface area contributed by atoms with Gasteiger partial charge >= 0.3 is 11.9 Å². The van der Waals surface area contributed by atoms with Gasteiger partial charge in [0.05, 0.1) is 20.1 Å². The first-order chi connectivity index (χ1) is 19.6. The number of rotatable bonds is 10. The molecule has 0 saturated carbocycles. The SMILES string of the molecule is COc1ccc(-c2ccc(OC(=O)CCOc3ccc(C(C)(C)c4ccc(OC(C)=O)c(C)c4)cc3C)cc2)cc1. The van der Waals surface area contributed by atoms with Crippen molar-refractivity contribution in [3.63, 3.8) is 0 Å². The Morgan fingerprint density at radius 2 is 1.20 bits per heavy atom. The number of aryl methyl sites for hydroxylation is 2. The van der Waals surface area contributed by atoms with Gasteiger partial charge in [-0.25, -0.2) is 0 Å². The third-order valence-corrected chi connectivity index (χ3v) is 7.12. The number of carbonyl (C=O) groups is 2. The van der Waals surface area contributed by atoms with Crippen LogP contribution in [0.4, 0.5) is 0 Å². The molecule has 6 nitrogen and oxygen atoms in total. The van der Waals surface area contributed by atoms with E-state index in [4.69, 9.17) is 18.9 Å². The van der Waals surface area contributed by atoms with Crippen molar-refractivity contribution in [2.45, 2.75) is 46.5 Å². The van der Waals surface area contributed by atoms with Crippen molar-refractivity contribution in [3.05, 3.63) is 107 Å². The van der Waals surface area contributed by atoms with Gasteiger partial charge < -0.3 is 18.9 Å². The van der Waals surface area contributed by atoms with Crippen LogP contribution in [-0.2, 0) is 15.0 Å². The van der Waals surface area contributed by atoms with Crippen LogP contribution in [0.3, 0.4) is 0 Å². The summed E-state index contributed by atoms with van der Waals surface area (Å²) < 4.78 is 21.9. The van der Waals surface area contributed by atoms with Gasteiger partial charge in [-0.15, -0.1) is 0 Å². The molecular weight excluding hydrogens is 516 g/mol. The molecule has 4 aromatic carbocycles. The Bertz CT molecular complexity index is 1520. The fourth-order valence-corrected chi connectivity index (χ4v) is 4.60. The van der Waals surface area contributed by atoms with Crippen LogP contribution < -0.4 is 18.9 Å². The van der Waals surface area contributed by atoms with E-state index in [-0.39, 0.29) is 30.4 Å². The Kier molecular flexibility index (Phi) is 9.13. The van der Waals surface area contributed by atoms with Crippen molar-refractivity contribution >= 4 is 11.9 Å². The molecule has 0 spiro atoms.